The van der Waals surface area contributed by atoms with Crippen LogP contribution in [0.3, 0.4) is 0 Å². The Kier molecular flexibility index (Phi) is 2.77. The highest BCUT2D eigenvalue weighted by atomic mass is 16.6. The molecule has 16 heavy (non-hydrogen) atoms. The van der Waals surface area contributed by atoms with Crippen LogP contribution in [0, 0.1) is 6.92 Å². The Labute approximate surface area is 93.1 Å². The number of aryl methyl sites for hydroxylation is 1. The van der Waals surface area contributed by atoms with E-state index in [1.54, 1.807) is 22.8 Å². The molecule has 0 spiro atoms. The quantitative estimate of drug-likeness (QED) is 0.633. The minimum atomic E-state index is -1.00. The van der Waals surface area contributed by atoms with Crippen molar-refractivity contribution in [3.63, 3.8) is 0 Å². The lowest BCUT2D eigenvalue weighted by Crippen LogP contribution is -2.11. The first-order valence-electron chi connectivity index (χ1n) is 4.95. The molecule has 2 aromatic rings. The molecule has 0 radical (unpaired) electrons. The number of fused-ring (bicyclic) bond motifs is 1. The van der Waals surface area contributed by atoms with Gasteiger partial charge in [0.15, 0.2) is 0 Å². The second kappa shape index (κ2) is 4.08. The fourth-order valence-electron chi connectivity index (χ4n) is 1.86. The summed E-state index contributed by atoms with van der Waals surface area (Å²) in [5.41, 5.74) is 2.35. The van der Waals surface area contributed by atoms with Crippen molar-refractivity contribution in [1.82, 2.24) is 4.57 Å². The highest BCUT2D eigenvalue weighted by Gasteiger charge is 2.12. The number of carbonyl (C=O) groups excluding carboxylic acids is 1. The van der Waals surface area contributed by atoms with E-state index in [-0.39, 0.29) is 0 Å². The number of hydrogen-bond donors (Lipinski definition) is 1. The third kappa shape index (κ3) is 1.62. The van der Waals surface area contributed by atoms with Gasteiger partial charge in [0.1, 0.15) is 6.29 Å². The number of nitrogens with zero attached hydrogens (tertiary/aromatic N) is 1. The lowest BCUT2D eigenvalue weighted by molar-refractivity contribution is -0.129. The average molecular weight is 219 g/mol. The van der Waals surface area contributed by atoms with Gasteiger partial charge in [-0.1, -0.05) is 0 Å². The van der Waals surface area contributed by atoms with E-state index < -0.39 is 6.41 Å². The van der Waals surface area contributed by atoms with E-state index in [0.29, 0.717) is 5.56 Å². The number of aliphatic hydroxyl groups excluding tert-OH is 1. The van der Waals surface area contributed by atoms with Gasteiger partial charge in [-0.25, -0.2) is 0 Å². The van der Waals surface area contributed by atoms with E-state index in [9.17, 15) is 9.90 Å². The molecule has 1 heterocycles. The maximum Gasteiger partial charge on any atom is 0.241 e. The first-order chi connectivity index (χ1) is 7.67. The van der Waals surface area contributed by atoms with E-state index in [2.05, 4.69) is 0 Å². The van der Waals surface area contributed by atoms with Crippen LogP contribution in [0.15, 0.2) is 24.3 Å². The largest absolute Gasteiger partial charge is 0.351 e. The summed E-state index contributed by atoms with van der Waals surface area (Å²) in [5, 5.41) is 10.6. The topological polar surface area (TPSA) is 51.5 Å². The molecular formula is C12H13NO3. The maximum atomic E-state index is 10.7. The van der Waals surface area contributed by atoms with Crippen molar-refractivity contribution < 1.29 is 14.6 Å². The smallest absolute Gasteiger partial charge is 0.241 e. The molecule has 1 atom stereocenters. The zero-order valence-corrected chi connectivity index (χ0v) is 9.18. The van der Waals surface area contributed by atoms with Gasteiger partial charge in [-0.3, -0.25) is 9.36 Å². The van der Waals surface area contributed by atoms with Gasteiger partial charge in [-0.05, 0) is 31.2 Å². The van der Waals surface area contributed by atoms with Crippen molar-refractivity contribution >= 4 is 17.2 Å². The minimum Gasteiger partial charge on any atom is -0.351 e. The number of ether oxygens (including phenoxy) is 1. The zero-order valence-electron chi connectivity index (χ0n) is 9.18. The third-order valence-corrected chi connectivity index (χ3v) is 2.62. The molecule has 0 saturated heterocycles. The molecule has 0 amide bonds. The molecule has 0 bridgehead atoms. The van der Waals surface area contributed by atoms with Crippen molar-refractivity contribution in [2.75, 3.05) is 7.11 Å². The van der Waals surface area contributed by atoms with Gasteiger partial charge >= 0.3 is 0 Å². The van der Waals surface area contributed by atoms with Crippen LogP contribution in [0.4, 0.5) is 0 Å². The highest BCUT2D eigenvalue weighted by molar-refractivity contribution is 5.88. The Morgan fingerprint density at radius 2 is 2.19 bits per heavy atom. The summed E-state index contributed by atoms with van der Waals surface area (Å²) in [4.78, 5) is 10.7. The molecule has 84 valence electrons. The molecule has 1 aromatic heterocycles. The molecule has 4 nitrogen and oxygen atoms in total. The maximum absolute atomic E-state index is 10.7. The first-order valence-corrected chi connectivity index (χ1v) is 4.95. The fourth-order valence-corrected chi connectivity index (χ4v) is 1.86. The first kappa shape index (κ1) is 10.9. The average Bonchev–Trinajstić information content (AvgIpc) is 2.62. The van der Waals surface area contributed by atoms with E-state index in [1.807, 2.05) is 13.0 Å². The summed E-state index contributed by atoms with van der Waals surface area (Å²) in [6.45, 7) is 1.88. The second-order valence-electron chi connectivity index (χ2n) is 3.65. The van der Waals surface area contributed by atoms with Crippen LogP contribution in [0.5, 0.6) is 0 Å². The van der Waals surface area contributed by atoms with Crippen LogP contribution in [0.2, 0.25) is 0 Å². The Balaban J connectivity index is 2.66. The number of carbonyl (C=O) groups is 1. The number of rotatable bonds is 3. The zero-order chi connectivity index (χ0) is 11.7. The molecule has 0 aliphatic heterocycles. The van der Waals surface area contributed by atoms with Gasteiger partial charge in [-0.2, -0.15) is 0 Å². The molecule has 0 aliphatic carbocycles. The van der Waals surface area contributed by atoms with E-state index in [4.69, 9.17) is 4.74 Å². The summed E-state index contributed by atoms with van der Waals surface area (Å²) in [6.07, 6.45) is -0.196. The minimum absolute atomic E-state index is 0.622. The van der Waals surface area contributed by atoms with E-state index in [1.165, 1.54) is 7.11 Å². The number of hydrogen-bond acceptors (Lipinski definition) is 3. The predicted octanol–water partition coefficient (Wildman–Crippen LogP) is 1.86. The van der Waals surface area contributed by atoms with Crippen LogP contribution in [-0.2, 0) is 4.74 Å². The Morgan fingerprint density at radius 1 is 1.44 bits per heavy atom. The van der Waals surface area contributed by atoms with Crippen LogP contribution < -0.4 is 0 Å². The predicted molar refractivity (Wildman–Crippen MR) is 60.3 cm³/mol. The molecule has 0 saturated carbocycles. The molecule has 0 fully saturated rings. The molecule has 1 N–H and O–H groups in total. The molecule has 1 unspecified atom stereocenters. The molecule has 2 rings (SSSR count). The number of aliphatic hydroxyl groups is 1. The van der Waals surface area contributed by atoms with Crippen molar-refractivity contribution in [3.8, 4) is 0 Å². The van der Waals surface area contributed by atoms with Crippen LogP contribution >= 0.6 is 0 Å². The normalized spacial score (nSPS) is 12.9. The fraction of sp³-hybridized carbons (Fsp3) is 0.250. The summed E-state index contributed by atoms with van der Waals surface area (Å²) >= 11 is 0. The van der Waals surface area contributed by atoms with Crippen LogP contribution in [0.25, 0.3) is 10.9 Å². The lowest BCUT2D eigenvalue weighted by atomic mass is 10.2. The third-order valence-electron chi connectivity index (χ3n) is 2.62. The SMILES string of the molecule is COC(O)n1c(C)cc2cc(C=O)ccc21. The Morgan fingerprint density at radius 3 is 2.81 bits per heavy atom. The van der Waals surface area contributed by atoms with Gasteiger partial charge in [0.2, 0.25) is 6.41 Å². The van der Waals surface area contributed by atoms with Gasteiger partial charge < -0.3 is 9.84 Å². The van der Waals surface area contributed by atoms with Gasteiger partial charge in [-0.15, -0.1) is 0 Å². The Bertz CT molecular complexity index is 530. The lowest BCUT2D eigenvalue weighted by Gasteiger charge is -2.14. The van der Waals surface area contributed by atoms with E-state index in [0.717, 1.165) is 22.9 Å². The van der Waals surface area contributed by atoms with Crippen molar-refractivity contribution in [2.45, 2.75) is 13.3 Å². The van der Waals surface area contributed by atoms with Gasteiger partial charge in [0.25, 0.3) is 0 Å². The van der Waals surface area contributed by atoms with E-state index >= 15 is 0 Å². The molecule has 0 aliphatic rings. The number of aldehydes is 1. The number of methoxy groups -OCH3 is 1. The van der Waals surface area contributed by atoms with Crippen molar-refractivity contribution in [3.05, 3.63) is 35.5 Å². The molecule has 4 heteroatoms. The van der Waals surface area contributed by atoms with Crippen LogP contribution in [-0.4, -0.2) is 23.1 Å². The number of benzene rings is 1. The summed E-state index contributed by atoms with van der Waals surface area (Å²) in [5.74, 6) is 0. The Hall–Kier alpha value is -1.65. The summed E-state index contributed by atoms with van der Waals surface area (Å²) < 4.78 is 6.56. The van der Waals surface area contributed by atoms with Crippen LogP contribution in [0.1, 0.15) is 22.5 Å². The van der Waals surface area contributed by atoms with Crippen molar-refractivity contribution in [2.24, 2.45) is 0 Å². The number of aromatic nitrogens is 1. The second-order valence-corrected chi connectivity index (χ2v) is 3.65. The molecule has 1 aromatic carbocycles. The summed E-state index contributed by atoms with van der Waals surface area (Å²) in [7, 11) is 1.44. The summed E-state index contributed by atoms with van der Waals surface area (Å²) in [6, 6.07) is 7.21. The highest BCUT2D eigenvalue weighted by Crippen LogP contribution is 2.23. The van der Waals surface area contributed by atoms with Gasteiger partial charge in [0.05, 0.1) is 5.52 Å². The standard InChI is InChI=1S/C12H13NO3/c1-8-5-10-6-9(7-14)3-4-11(10)13(8)12(15)16-2/h3-7,12,15H,1-2H3. The van der Waals surface area contributed by atoms with Crippen molar-refractivity contribution in [1.29, 1.82) is 0 Å². The molecular weight excluding hydrogens is 206 g/mol. The monoisotopic (exact) mass is 219 g/mol. The van der Waals surface area contributed by atoms with Gasteiger partial charge in [0, 0.05) is 23.8 Å².